The van der Waals surface area contributed by atoms with E-state index < -0.39 is 0 Å². The lowest BCUT2D eigenvalue weighted by molar-refractivity contribution is -0.122. The molecule has 0 spiro atoms. The lowest BCUT2D eigenvalue weighted by Crippen LogP contribution is -2.44. The second kappa shape index (κ2) is 7.44. The van der Waals surface area contributed by atoms with Crippen LogP contribution in [0.3, 0.4) is 0 Å². The quantitative estimate of drug-likeness (QED) is 0.840. The largest absolute Gasteiger partial charge is 0.396 e. The fraction of sp³-hybridized carbons (Fsp3) is 0.588. The molecule has 0 bridgehead atoms. The zero-order valence-corrected chi connectivity index (χ0v) is 13.1. The van der Waals surface area contributed by atoms with E-state index in [4.69, 9.17) is 5.11 Å². The number of amides is 1. The number of carbonyl (C=O) groups excluding carboxylic acids is 1. The Morgan fingerprint density at radius 2 is 1.95 bits per heavy atom. The van der Waals surface area contributed by atoms with Gasteiger partial charge in [-0.2, -0.15) is 0 Å². The number of carbonyl (C=O) groups is 1. The highest BCUT2D eigenvalue weighted by Crippen LogP contribution is 2.21. The second-order valence-corrected chi connectivity index (χ2v) is 6.42. The molecule has 0 saturated heterocycles. The molecule has 1 amide bonds. The van der Waals surface area contributed by atoms with Crippen molar-refractivity contribution < 1.29 is 9.90 Å². The fourth-order valence-corrected chi connectivity index (χ4v) is 2.26. The van der Waals surface area contributed by atoms with E-state index in [1.165, 1.54) is 11.1 Å². The Morgan fingerprint density at radius 3 is 2.50 bits per heavy atom. The molecule has 0 aliphatic carbocycles. The lowest BCUT2D eigenvalue weighted by Gasteiger charge is -2.31. The predicted molar refractivity (Wildman–Crippen MR) is 82.6 cm³/mol. The number of hydrogen-bond donors (Lipinski definition) is 2. The number of aliphatic hydroxyl groups excluding tert-OH is 1. The minimum Gasteiger partial charge on any atom is -0.396 e. The van der Waals surface area contributed by atoms with Crippen molar-refractivity contribution in [1.82, 2.24) is 5.32 Å². The monoisotopic (exact) mass is 277 g/mol. The molecule has 1 rings (SSSR count). The third-order valence-electron chi connectivity index (χ3n) is 3.68. The average Bonchev–Trinajstić information content (AvgIpc) is 2.36. The van der Waals surface area contributed by atoms with Gasteiger partial charge in [0.15, 0.2) is 0 Å². The maximum atomic E-state index is 12.1. The van der Waals surface area contributed by atoms with Gasteiger partial charge >= 0.3 is 0 Å². The first-order chi connectivity index (χ1) is 9.34. The van der Waals surface area contributed by atoms with Gasteiger partial charge in [-0.25, -0.2) is 0 Å². The summed E-state index contributed by atoms with van der Waals surface area (Å²) in [5.74, 6) is 0.0571. The molecule has 0 aromatic heterocycles. The van der Waals surface area contributed by atoms with Crippen LogP contribution in [-0.4, -0.2) is 23.7 Å². The first-order valence-corrected chi connectivity index (χ1v) is 7.29. The van der Waals surface area contributed by atoms with Crippen LogP contribution >= 0.6 is 0 Å². The van der Waals surface area contributed by atoms with Crippen molar-refractivity contribution in [3.05, 3.63) is 35.4 Å². The van der Waals surface area contributed by atoms with Crippen LogP contribution in [0.4, 0.5) is 0 Å². The highest BCUT2D eigenvalue weighted by molar-refractivity contribution is 5.76. The van der Waals surface area contributed by atoms with E-state index in [0.29, 0.717) is 12.8 Å². The van der Waals surface area contributed by atoms with Crippen LogP contribution < -0.4 is 5.32 Å². The summed E-state index contributed by atoms with van der Waals surface area (Å²) in [4.78, 5) is 12.1. The van der Waals surface area contributed by atoms with E-state index in [1.54, 1.807) is 0 Å². The molecule has 20 heavy (non-hydrogen) atoms. The van der Waals surface area contributed by atoms with Crippen molar-refractivity contribution in [2.24, 2.45) is 5.41 Å². The number of nitrogens with one attached hydrogen (secondary N) is 1. The van der Waals surface area contributed by atoms with Crippen LogP contribution in [0.15, 0.2) is 24.3 Å². The molecule has 1 aromatic carbocycles. The van der Waals surface area contributed by atoms with E-state index in [2.05, 4.69) is 45.1 Å². The van der Waals surface area contributed by atoms with Crippen LogP contribution in [0, 0.1) is 12.3 Å². The van der Waals surface area contributed by atoms with Crippen LogP contribution in [0.25, 0.3) is 0 Å². The van der Waals surface area contributed by atoms with Gasteiger partial charge in [-0.3, -0.25) is 4.79 Å². The van der Waals surface area contributed by atoms with Gasteiger partial charge in [0.2, 0.25) is 5.91 Å². The Morgan fingerprint density at radius 1 is 1.30 bits per heavy atom. The van der Waals surface area contributed by atoms with Gasteiger partial charge in [0, 0.05) is 19.1 Å². The molecule has 2 N–H and O–H groups in total. The van der Waals surface area contributed by atoms with Crippen molar-refractivity contribution in [3.8, 4) is 0 Å². The summed E-state index contributed by atoms with van der Waals surface area (Å²) < 4.78 is 0. The normalized spacial score (nSPS) is 13.1. The van der Waals surface area contributed by atoms with E-state index in [0.717, 1.165) is 6.42 Å². The van der Waals surface area contributed by atoms with Gasteiger partial charge in [0.1, 0.15) is 0 Å². The molecule has 0 aliphatic rings. The van der Waals surface area contributed by atoms with E-state index in [1.807, 2.05) is 12.1 Å². The Hall–Kier alpha value is -1.35. The Balaban J connectivity index is 2.52. The summed E-state index contributed by atoms with van der Waals surface area (Å²) >= 11 is 0. The van der Waals surface area contributed by atoms with Crippen LogP contribution in [0.5, 0.6) is 0 Å². The van der Waals surface area contributed by atoms with Crippen molar-refractivity contribution >= 4 is 5.91 Å². The molecule has 0 radical (unpaired) electrons. The summed E-state index contributed by atoms with van der Waals surface area (Å²) in [5, 5.41) is 12.2. The number of benzene rings is 1. The average molecular weight is 277 g/mol. The van der Waals surface area contributed by atoms with Gasteiger partial charge in [0.25, 0.3) is 0 Å². The molecule has 112 valence electrons. The predicted octanol–water partition coefficient (Wildman–Crippen LogP) is 2.84. The molecule has 0 heterocycles. The highest BCUT2D eigenvalue weighted by Gasteiger charge is 2.25. The Labute approximate surface area is 122 Å². The second-order valence-electron chi connectivity index (χ2n) is 6.42. The summed E-state index contributed by atoms with van der Waals surface area (Å²) in [6.45, 7) is 8.40. The maximum absolute atomic E-state index is 12.1. The first kappa shape index (κ1) is 16.7. The molecule has 3 nitrogen and oxygen atoms in total. The number of rotatable bonds is 6. The molecule has 0 saturated carbocycles. The van der Waals surface area contributed by atoms with Crippen molar-refractivity contribution in [3.63, 3.8) is 0 Å². The highest BCUT2D eigenvalue weighted by atomic mass is 16.3. The SMILES string of the molecule is Cc1ccccc1CCC(=O)NC(CCO)C(C)(C)C. The Kier molecular flexibility index (Phi) is 6.21. The molecule has 3 heteroatoms. The Bertz CT molecular complexity index is 435. The number of aliphatic hydroxyl groups is 1. The van der Waals surface area contributed by atoms with Crippen molar-refractivity contribution in [2.45, 2.75) is 53.0 Å². The first-order valence-electron chi connectivity index (χ1n) is 7.29. The van der Waals surface area contributed by atoms with Gasteiger partial charge in [0.05, 0.1) is 0 Å². The van der Waals surface area contributed by atoms with Gasteiger partial charge in [-0.1, -0.05) is 45.0 Å². The summed E-state index contributed by atoms with van der Waals surface area (Å²) in [5.41, 5.74) is 2.40. The topological polar surface area (TPSA) is 49.3 Å². The van der Waals surface area contributed by atoms with Crippen LogP contribution in [0.1, 0.15) is 44.7 Å². The van der Waals surface area contributed by atoms with Crippen LogP contribution in [-0.2, 0) is 11.2 Å². The summed E-state index contributed by atoms with van der Waals surface area (Å²) in [6.07, 6.45) is 1.84. The van der Waals surface area contributed by atoms with Crippen molar-refractivity contribution in [1.29, 1.82) is 0 Å². The summed E-state index contributed by atoms with van der Waals surface area (Å²) in [6, 6.07) is 8.16. The van der Waals surface area contributed by atoms with Crippen LogP contribution in [0.2, 0.25) is 0 Å². The van der Waals surface area contributed by atoms with E-state index in [9.17, 15) is 4.79 Å². The number of aryl methyl sites for hydroxylation is 2. The minimum atomic E-state index is -0.0406. The van der Waals surface area contributed by atoms with Crippen molar-refractivity contribution in [2.75, 3.05) is 6.61 Å². The zero-order valence-electron chi connectivity index (χ0n) is 13.1. The molecule has 1 aromatic rings. The fourth-order valence-electron chi connectivity index (χ4n) is 2.26. The molecule has 0 fully saturated rings. The molecule has 1 atom stereocenters. The zero-order chi connectivity index (χ0) is 15.2. The molecular weight excluding hydrogens is 250 g/mol. The smallest absolute Gasteiger partial charge is 0.220 e. The number of hydrogen-bond acceptors (Lipinski definition) is 2. The lowest BCUT2D eigenvalue weighted by atomic mass is 9.85. The third-order valence-corrected chi connectivity index (χ3v) is 3.68. The molecular formula is C17H27NO2. The minimum absolute atomic E-state index is 0.0110. The summed E-state index contributed by atoms with van der Waals surface area (Å²) in [7, 11) is 0. The van der Waals surface area contributed by atoms with Gasteiger partial charge < -0.3 is 10.4 Å². The van der Waals surface area contributed by atoms with Gasteiger partial charge in [-0.05, 0) is 36.3 Å². The van der Waals surface area contributed by atoms with Gasteiger partial charge in [-0.15, -0.1) is 0 Å². The standard InChI is InChI=1S/C17H27NO2/c1-13-7-5-6-8-14(13)9-10-16(20)18-15(11-12-19)17(2,3)4/h5-8,15,19H,9-12H2,1-4H3,(H,18,20). The molecule has 0 aliphatic heterocycles. The third kappa shape index (κ3) is 5.33. The van der Waals surface area contributed by atoms with E-state index in [-0.39, 0.29) is 24.0 Å². The maximum Gasteiger partial charge on any atom is 0.220 e. The van der Waals surface area contributed by atoms with E-state index >= 15 is 0 Å². The molecule has 1 unspecified atom stereocenters.